The van der Waals surface area contributed by atoms with Crippen LogP contribution in [0.15, 0.2) is 67.1 Å². The minimum atomic E-state index is 0.423. The van der Waals surface area contributed by atoms with Crippen molar-refractivity contribution < 1.29 is 0 Å². The highest BCUT2D eigenvalue weighted by Crippen LogP contribution is 2.30. The summed E-state index contributed by atoms with van der Waals surface area (Å²) in [6, 6.07) is 16.9. The van der Waals surface area contributed by atoms with Gasteiger partial charge in [0, 0.05) is 49.4 Å². The van der Waals surface area contributed by atoms with Gasteiger partial charge in [0.05, 0.1) is 0 Å². The zero-order chi connectivity index (χ0) is 22.6. The number of hydrogen-bond donors (Lipinski definition) is 1. The number of aromatic nitrogens is 4. The molecule has 7 heteroatoms. The summed E-state index contributed by atoms with van der Waals surface area (Å²) in [5.74, 6) is 1.87. The summed E-state index contributed by atoms with van der Waals surface area (Å²) >= 11 is 0. The van der Waals surface area contributed by atoms with E-state index in [9.17, 15) is 0 Å². The van der Waals surface area contributed by atoms with Gasteiger partial charge in [0.25, 0.3) is 0 Å². The quantitative estimate of drug-likeness (QED) is 0.450. The minimum absolute atomic E-state index is 0.423. The molecular formula is C26H29BN6. The van der Waals surface area contributed by atoms with E-state index in [1.165, 1.54) is 5.56 Å². The van der Waals surface area contributed by atoms with E-state index >= 15 is 0 Å². The van der Waals surface area contributed by atoms with Crippen molar-refractivity contribution in [3.63, 3.8) is 0 Å². The lowest BCUT2D eigenvalue weighted by Gasteiger charge is -2.33. The summed E-state index contributed by atoms with van der Waals surface area (Å²) in [6.07, 6.45) is 7.53. The number of hydrogen-bond acceptors (Lipinski definition) is 5. The molecule has 33 heavy (non-hydrogen) atoms. The van der Waals surface area contributed by atoms with E-state index in [0.29, 0.717) is 23.8 Å². The summed E-state index contributed by atoms with van der Waals surface area (Å²) < 4.78 is 1.80. The summed E-state index contributed by atoms with van der Waals surface area (Å²) in [6.45, 7) is 6.25. The Morgan fingerprint density at radius 3 is 2.67 bits per heavy atom. The molecule has 1 aromatic carbocycles. The van der Waals surface area contributed by atoms with Crippen molar-refractivity contribution in [2.24, 2.45) is 0 Å². The molecule has 4 aromatic rings. The third kappa shape index (κ3) is 4.93. The molecule has 2 radical (unpaired) electrons. The third-order valence-electron chi connectivity index (χ3n) is 6.62. The molecule has 1 unspecified atom stereocenters. The van der Waals surface area contributed by atoms with Crippen molar-refractivity contribution in [1.29, 1.82) is 0 Å². The van der Waals surface area contributed by atoms with Crippen LogP contribution in [0.2, 0.25) is 0 Å². The molecule has 1 saturated heterocycles. The zero-order valence-corrected chi connectivity index (χ0v) is 19.1. The number of nitrogens with zero attached hydrogens (tertiary/aromatic N) is 5. The molecule has 0 amide bonds. The Kier molecular flexibility index (Phi) is 6.40. The monoisotopic (exact) mass is 436 g/mol. The maximum atomic E-state index is 6.19. The predicted molar refractivity (Wildman–Crippen MR) is 133 cm³/mol. The number of nitrogens with one attached hydrogen (secondary N) is 1. The van der Waals surface area contributed by atoms with Crippen molar-refractivity contribution in [2.75, 3.05) is 25.0 Å². The molecule has 6 nitrogen and oxygen atoms in total. The number of pyridine rings is 1. The normalized spacial score (nSPS) is 16.2. The van der Waals surface area contributed by atoms with E-state index in [2.05, 4.69) is 69.7 Å². The zero-order valence-electron chi connectivity index (χ0n) is 19.1. The second kappa shape index (κ2) is 9.75. The van der Waals surface area contributed by atoms with Crippen molar-refractivity contribution in [2.45, 2.75) is 38.1 Å². The standard InChI is InChI=1S/C26H29BN6/c1-19(21-7-3-2-4-8-21)18-32-12-9-22(10-13-32)24-14-25(29-16-20-6-5-11-28-15-20)33-26(31-24)23(27)17-30-33/h2-8,11,14-15,17,19,22,29H,9-10,12-13,16,18H2,1H3. The van der Waals surface area contributed by atoms with E-state index in [0.717, 1.165) is 55.2 Å². The number of likely N-dealkylation sites (tertiary alicyclic amines) is 1. The molecular weight excluding hydrogens is 407 g/mol. The molecule has 1 atom stereocenters. The van der Waals surface area contributed by atoms with Crippen LogP contribution in [-0.2, 0) is 6.54 Å². The molecule has 0 saturated carbocycles. The molecule has 1 fully saturated rings. The van der Waals surface area contributed by atoms with Gasteiger partial charge in [-0.05, 0) is 54.5 Å². The lowest BCUT2D eigenvalue weighted by atomic mass is 9.91. The number of fused-ring (bicyclic) bond motifs is 1. The Morgan fingerprint density at radius 2 is 1.91 bits per heavy atom. The van der Waals surface area contributed by atoms with Gasteiger partial charge in [-0.2, -0.15) is 9.61 Å². The Hall–Kier alpha value is -3.19. The summed E-state index contributed by atoms with van der Waals surface area (Å²) in [7, 11) is 6.19. The summed E-state index contributed by atoms with van der Waals surface area (Å²) in [5.41, 5.74) is 4.95. The highest BCUT2D eigenvalue weighted by atomic mass is 15.3. The largest absolute Gasteiger partial charge is 0.366 e. The van der Waals surface area contributed by atoms with E-state index in [4.69, 9.17) is 12.8 Å². The van der Waals surface area contributed by atoms with Gasteiger partial charge < -0.3 is 10.2 Å². The molecule has 4 heterocycles. The fourth-order valence-electron chi connectivity index (χ4n) is 4.71. The van der Waals surface area contributed by atoms with Crippen LogP contribution in [0.5, 0.6) is 0 Å². The topological polar surface area (TPSA) is 58.4 Å². The van der Waals surface area contributed by atoms with E-state index < -0.39 is 0 Å². The summed E-state index contributed by atoms with van der Waals surface area (Å²) in [4.78, 5) is 11.7. The van der Waals surface area contributed by atoms with Crippen molar-refractivity contribution in [3.8, 4) is 0 Å². The Balaban J connectivity index is 1.28. The van der Waals surface area contributed by atoms with E-state index in [-0.39, 0.29) is 0 Å². The molecule has 1 aliphatic heterocycles. The van der Waals surface area contributed by atoms with Crippen LogP contribution in [0.1, 0.15) is 48.4 Å². The lowest BCUT2D eigenvalue weighted by Crippen LogP contribution is -2.35. The SMILES string of the molecule is [B]c1cnn2c(NCc3cccnc3)cc(C3CCN(CC(C)c4ccccc4)CC3)nc12. The van der Waals surface area contributed by atoms with E-state index in [1.54, 1.807) is 16.9 Å². The Bertz CT molecular complexity index is 1190. The molecule has 0 aliphatic carbocycles. The first-order chi connectivity index (χ1) is 16.2. The van der Waals surface area contributed by atoms with Crippen LogP contribution in [-0.4, -0.2) is 52.0 Å². The number of anilines is 1. The number of benzene rings is 1. The van der Waals surface area contributed by atoms with Gasteiger partial charge in [0.15, 0.2) is 0 Å². The van der Waals surface area contributed by atoms with Crippen molar-refractivity contribution >= 4 is 24.8 Å². The molecule has 3 aromatic heterocycles. The molecule has 1 aliphatic rings. The second-order valence-electron chi connectivity index (χ2n) is 9.00. The molecule has 0 bridgehead atoms. The Morgan fingerprint density at radius 1 is 1.09 bits per heavy atom. The smallest absolute Gasteiger partial charge is 0.150 e. The van der Waals surface area contributed by atoms with Crippen LogP contribution in [0.25, 0.3) is 5.65 Å². The number of rotatable bonds is 7. The Labute approximate surface area is 196 Å². The maximum absolute atomic E-state index is 6.19. The molecule has 5 rings (SSSR count). The highest BCUT2D eigenvalue weighted by molar-refractivity contribution is 6.36. The van der Waals surface area contributed by atoms with Gasteiger partial charge in [-0.3, -0.25) is 4.98 Å². The van der Waals surface area contributed by atoms with Gasteiger partial charge in [-0.15, -0.1) is 0 Å². The van der Waals surface area contributed by atoms with Gasteiger partial charge in [0.1, 0.15) is 19.3 Å². The molecule has 0 spiro atoms. The van der Waals surface area contributed by atoms with Gasteiger partial charge in [-0.25, -0.2) is 4.98 Å². The highest BCUT2D eigenvalue weighted by Gasteiger charge is 2.24. The van der Waals surface area contributed by atoms with Crippen LogP contribution < -0.4 is 10.8 Å². The summed E-state index contributed by atoms with van der Waals surface area (Å²) in [5, 5.41) is 7.94. The van der Waals surface area contributed by atoms with Crippen LogP contribution in [0.4, 0.5) is 5.82 Å². The average Bonchev–Trinajstić information content (AvgIpc) is 3.25. The average molecular weight is 436 g/mol. The fourth-order valence-corrected chi connectivity index (χ4v) is 4.71. The van der Waals surface area contributed by atoms with Gasteiger partial charge >= 0.3 is 0 Å². The molecule has 1 N–H and O–H groups in total. The number of piperidine rings is 1. The van der Waals surface area contributed by atoms with Crippen molar-refractivity contribution in [1.82, 2.24) is 24.5 Å². The van der Waals surface area contributed by atoms with Crippen LogP contribution >= 0.6 is 0 Å². The lowest BCUT2D eigenvalue weighted by molar-refractivity contribution is 0.202. The molecule has 166 valence electrons. The van der Waals surface area contributed by atoms with Crippen molar-refractivity contribution in [3.05, 3.63) is 83.9 Å². The van der Waals surface area contributed by atoms with Crippen LogP contribution in [0.3, 0.4) is 0 Å². The third-order valence-corrected chi connectivity index (χ3v) is 6.62. The van der Waals surface area contributed by atoms with Crippen LogP contribution in [0, 0.1) is 0 Å². The second-order valence-corrected chi connectivity index (χ2v) is 9.00. The first-order valence-electron chi connectivity index (χ1n) is 11.7. The maximum Gasteiger partial charge on any atom is 0.150 e. The predicted octanol–water partition coefficient (Wildman–Crippen LogP) is 3.51. The van der Waals surface area contributed by atoms with E-state index in [1.807, 2.05) is 12.3 Å². The first-order valence-corrected chi connectivity index (χ1v) is 11.7. The van der Waals surface area contributed by atoms with Gasteiger partial charge in [-0.1, -0.05) is 43.3 Å². The van der Waals surface area contributed by atoms with Gasteiger partial charge in [0.2, 0.25) is 0 Å². The minimum Gasteiger partial charge on any atom is -0.366 e. The first kappa shape index (κ1) is 21.6. The fraction of sp³-hybridized carbons (Fsp3) is 0.346.